The van der Waals surface area contributed by atoms with Crippen molar-refractivity contribution in [1.29, 1.82) is 0 Å². The Morgan fingerprint density at radius 2 is 1.44 bits per heavy atom. The average Bonchev–Trinajstić information content (AvgIpc) is 3.19. The summed E-state index contributed by atoms with van der Waals surface area (Å²) in [5.41, 5.74) is 3.01. The number of aromatic nitrogens is 1. The molecule has 1 atom stereocenters. The van der Waals surface area contributed by atoms with Crippen LogP contribution in [0.3, 0.4) is 0 Å². The summed E-state index contributed by atoms with van der Waals surface area (Å²) in [5, 5.41) is 5.23. The van der Waals surface area contributed by atoms with Gasteiger partial charge in [0.15, 0.2) is 0 Å². The molecule has 4 aromatic carbocycles. The third-order valence-corrected chi connectivity index (χ3v) is 6.99. The van der Waals surface area contributed by atoms with Gasteiger partial charge in [0.05, 0.1) is 16.3 Å². The number of carbonyl (C=O) groups is 2. The molecule has 1 amide bonds. The number of nitrogens with one attached hydrogen (secondary N) is 1. The summed E-state index contributed by atoms with van der Waals surface area (Å²) >= 11 is 7.47. The highest BCUT2D eigenvalue weighted by atomic mass is 35.5. The van der Waals surface area contributed by atoms with Crippen molar-refractivity contribution in [2.75, 3.05) is 5.32 Å². The van der Waals surface area contributed by atoms with Crippen LogP contribution in [0.4, 0.5) is 5.69 Å². The minimum Gasteiger partial charge on any atom is -0.322 e. The Bertz CT molecular complexity index is 1470. The van der Waals surface area contributed by atoms with Crippen molar-refractivity contribution in [1.82, 2.24) is 4.57 Å². The summed E-state index contributed by atoms with van der Waals surface area (Å²) in [4.78, 5) is 26.9. The van der Waals surface area contributed by atoms with Crippen LogP contribution in [0.5, 0.6) is 0 Å². The molecule has 0 bridgehead atoms. The van der Waals surface area contributed by atoms with Crippen LogP contribution in [-0.2, 0) is 0 Å². The minimum absolute atomic E-state index is 0.0285. The van der Waals surface area contributed by atoms with E-state index in [2.05, 4.69) is 17.4 Å². The highest BCUT2D eigenvalue weighted by molar-refractivity contribution is 8.00. The standard InChI is InChI=1S/C28H21ClN2O2S/c1-18(28(33)31-25-11-4-2-9-23(25)24-10-3-5-12-26(24)31)34-22-15-13-21(14-16-22)30-27(32)19-7-6-8-20(29)17-19/h2-18H,1H3,(H,30,32). The molecule has 168 valence electrons. The molecular formula is C28H21ClN2O2S. The van der Waals surface area contributed by atoms with Crippen LogP contribution in [0.2, 0.25) is 5.02 Å². The van der Waals surface area contributed by atoms with E-state index >= 15 is 0 Å². The Labute approximate surface area is 206 Å². The molecule has 6 heteroatoms. The van der Waals surface area contributed by atoms with Gasteiger partial charge in [0, 0.05) is 31.9 Å². The first-order valence-electron chi connectivity index (χ1n) is 10.9. The Morgan fingerprint density at radius 3 is 2.06 bits per heavy atom. The van der Waals surface area contributed by atoms with Crippen molar-refractivity contribution in [3.05, 3.63) is 108 Å². The summed E-state index contributed by atoms with van der Waals surface area (Å²) in [6.07, 6.45) is 0. The number of anilines is 1. The molecule has 4 nitrogen and oxygen atoms in total. The topological polar surface area (TPSA) is 51.1 Å². The summed E-state index contributed by atoms with van der Waals surface area (Å²) in [7, 11) is 0. The van der Waals surface area contributed by atoms with E-state index in [1.165, 1.54) is 11.8 Å². The average molecular weight is 485 g/mol. The Hall–Kier alpha value is -3.54. The highest BCUT2D eigenvalue weighted by Crippen LogP contribution is 2.32. The van der Waals surface area contributed by atoms with E-state index in [-0.39, 0.29) is 17.1 Å². The van der Waals surface area contributed by atoms with Crippen LogP contribution >= 0.6 is 23.4 Å². The fourth-order valence-corrected chi connectivity index (χ4v) is 5.14. The van der Waals surface area contributed by atoms with Crippen molar-refractivity contribution >= 4 is 62.7 Å². The van der Waals surface area contributed by atoms with Crippen LogP contribution < -0.4 is 5.32 Å². The summed E-state index contributed by atoms with van der Waals surface area (Å²) in [6, 6.07) is 30.3. The molecule has 1 N–H and O–H groups in total. The molecule has 34 heavy (non-hydrogen) atoms. The smallest absolute Gasteiger partial charge is 0.255 e. The number of carbonyl (C=O) groups excluding carboxylic acids is 2. The molecule has 1 unspecified atom stereocenters. The molecule has 0 saturated carbocycles. The maximum atomic E-state index is 13.5. The third kappa shape index (κ3) is 4.32. The molecule has 1 heterocycles. The normalized spacial score (nSPS) is 12.1. The number of benzene rings is 4. The monoisotopic (exact) mass is 484 g/mol. The van der Waals surface area contributed by atoms with E-state index in [4.69, 9.17) is 11.6 Å². The first-order chi connectivity index (χ1) is 16.5. The molecule has 0 radical (unpaired) electrons. The van der Waals surface area contributed by atoms with Gasteiger partial charge in [-0.25, -0.2) is 0 Å². The lowest BCUT2D eigenvalue weighted by Crippen LogP contribution is -2.21. The van der Waals surface area contributed by atoms with Crippen molar-refractivity contribution < 1.29 is 9.59 Å². The van der Waals surface area contributed by atoms with E-state index in [0.717, 1.165) is 26.7 Å². The fraction of sp³-hybridized carbons (Fsp3) is 0.0714. The van der Waals surface area contributed by atoms with Gasteiger partial charge in [-0.1, -0.05) is 54.1 Å². The Kier molecular flexibility index (Phi) is 6.14. The second-order valence-electron chi connectivity index (χ2n) is 7.96. The van der Waals surface area contributed by atoms with Crippen LogP contribution in [0, 0.1) is 0 Å². The largest absolute Gasteiger partial charge is 0.322 e. The van der Waals surface area contributed by atoms with Crippen molar-refractivity contribution in [3.63, 3.8) is 0 Å². The predicted molar refractivity (Wildman–Crippen MR) is 141 cm³/mol. The zero-order valence-corrected chi connectivity index (χ0v) is 19.9. The molecule has 0 spiro atoms. The van der Waals surface area contributed by atoms with Crippen LogP contribution in [0.25, 0.3) is 21.8 Å². The summed E-state index contributed by atoms with van der Waals surface area (Å²) in [6.45, 7) is 1.92. The zero-order chi connectivity index (χ0) is 23.7. The van der Waals surface area contributed by atoms with Crippen LogP contribution in [0.1, 0.15) is 22.1 Å². The Balaban J connectivity index is 1.33. The lowest BCUT2D eigenvalue weighted by molar-refractivity contribution is 0.0924. The molecule has 1 aromatic heterocycles. The van der Waals surface area contributed by atoms with Gasteiger partial charge in [-0.2, -0.15) is 0 Å². The Morgan fingerprint density at radius 1 is 0.824 bits per heavy atom. The number of fused-ring (bicyclic) bond motifs is 3. The molecule has 0 aliphatic carbocycles. The van der Waals surface area contributed by atoms with E-state index in [9.17, 15) is 9.59 Å². The van der Waals surface area contributed by atoms with Gasteiger partial charge in [0.2, 0.25) is 5.91 Å². The van der Waals surface area contributed by atoms with Crippen LogP contribution in [-0.4, -0.2) is 21.6 Å². The second-order valence-corrected chi connectivity index (χ2v) is 9.81. The van der Waals surface area contributed by atoms with E-state index in [1.807, 2.05) is 72.2 Å². The van der Waals surface area contributed by atoms with E-state index in [1.54, 1.807) is 24.3 Å². The van der Waals surface area contributed by atoms with Gasteiger partial charge in [-0.15, -0.1) is 11.8 Å². The summed E-state index contributed by atoms with van der Waals surface area (Å²) < 4.78 is 1.82. The molecule has 5 aromatic rings. The molecular weight excluding hydrogens is 464 g/mol. The SMILES string of the molecule is CC(Sc1ccc(NC(=O)c2cccc(Cl)c2)cc1)C(=O)n1c2ccccc2c2ccccc21. The maximum absolute atomic E-state index is 13.5. The van der Waals surface area contributed by atoms with E-state index < -0.39 is 0 Å². The van der Waals surface area contributed by atoms with Crippen molar-refractivity contribution in [2.45, 2.75) is 17.1 Å². The number of rotatable bonds is 5. The highest BCUT2D eigenvalue weighted by Gasteiger charge is 2.21. The summed E-state index contributed by atoms with van der Waals surface area (Å²) in [5.74, 6) is -0.196. The number of hydrogen-bond donors (Lipinski definition) is 1. The number of halogens is 1. The predicted octanol–water partition coefficient (Wildman–Crippen LogP) is 7.52. The van der Waals surface area contributed by atoms with Gasteiger partial charge < -0.3 is 5.32 Å². The minimum atomic E-state index is -0.300. The van der Waals surface area contributed by atoms with Crippen molar-refractivity contribution in [2.24, 2.45) is 0 Å². The number of nitrogens with zero attached hydrogens (tertiary/aromatic N) is 1. The first kappa shape index (κ1) is 22.3. The number of para-hydroxylation sites is 2. The quantitative estimate of drug-likeness (QED) is 0.262. The number of thioether (sulfide) groups is 1. The molecule has 0 aliphatic heterocycles. The third-order valence-electron chi connectivity index (χ3n) is 5.66. The molecule has 0 aliphatic rings. The van der Waals surface area contributed by atoms with Gasteiger partial charge in [-0.05, 0) is 61.5 Å². The van der Waals surface area contributed by atoms with Gasteiger partial charge in [0.25, 0.3) is 5.91 Å². The number of hydrogen-bond acceptors (Lipinski definition) is 3. The molecule has 5 rings (SSSR count). The van der Waals surface area contributed by atoms with Gasteiger partial charge >= 0.3 is 0 Å². The lowest BCUT2D eigenvalue weighted by atomic mass is 10.2. The number of amides is 1. The van der Waals surface area contributed by atoms with Gasteiger partial charge in [-0.3, -0.25) is 14.2 Å². The maximum Gasteiger partial charge on any atom is 0.255 e. The first-order valence-corrected chi connectivity index (χ1v) is 12.1. The molecule has 0 fully saturated rings. The molecule has 0 saturated heterocycles. The van der Waals surface area contributed by atoms with Gasteiger partial charge in [0.1, 0.15) is 0 Å². The second kappa shape index (κ2) is 9.37. The van der Waals surface area contributed by atoms with Crippen molar-refractivity contribution in [3.8, 4) is 0 Å². The zero-order valence-electron chi connectivity index (χ0n) is 18.4. The van der Waals surface area contributed by atoms with E-state index in [0.29, 0.717) is 16.3 Å². The van der Waals surface area contributed by atoms with Crippen LogP contribution in [0.15, 0.2) is 102 Å². The fourth-order valence-electron chi connectivity index (χ4n) is 4.05. The lowest BCUT2D eigenvalue weighted by Gasteiger charge is -2.14.